The molecule has 2 nitrogen and oxygen atoms in total. The summed E-state index contributed by atoms with van der Waals surface area (Å²) in [6.07, 6.45) is 2.84. The number of Topliss-reactive ketones (excluding diaryl/α,β-unsaturated/α-hetero) is 1. The molecule has 1 aromatic carbocycles. The summed E-state index contributed by atoms with van der Waals surface area (Å²) in [6, 6.07) is 7.34. The van der Waals surface area contributed by atoms with Crippen LogP contribution in [0.4, 0.5) is 0 Å². The second-order valence-corrected chi connectivity index (χ2v) is 5.12. The Hall–Kier alpha value is -0.860. The Morgan fingerprint density at radius 1 is 1.35 bits per heavy atom. The first kappa shape index (κ1) is 14.2. The maximum Gasteiger partial charge on any atom is 0.165 e. The highest BCUT2D eigenvalue weighted by atomic mass is 35.5. The first-order chi connectivity index (χ1) is 8.00. The molecule has 0 saturated heterocycles. The van der Waals surface area contributed by atoms with E-state index in [0.29, 0.717) is 10.6 Å². The normalized spacial score (nSPS) is 14.4. The first-order valence-electron chi connectivity index (χ1n) is 6.06. The van der Waals surface area contributed by atoms with Gasteiger partial charge >= 0.3 is 0 Å². The molecule has 0 saturated carbocycles. The van der Waals surface area contributed by atoms with Gasteiger partial charge in [-0.05, 0) is 31.9 Å². The van der Waals surface area contributed by atoms with Gasteiger partial charge in [-0.15, -0.1) is 0 Å². The van der Waals surface area contributed by atoms with Gasteiger partial charge in [-0.2, -0.15) is 0 Å². The highest BCUT2D eigenvalue weighted by Crippen LogP contribution is 2.18. The minimum atomic E-state index is 0.0345. The van der Waals surface area contributed by atoms with Crippen molar-refractivity contribution < 1.29 is 4.79 Å². The number of hydrogen-bond acceptors (Lipinski definition) is 2. The third-order valence-corrected chi connectivity index (χ3v) is 3.09. The second kappa shape index (κ2) is 6.77. The van der Waals surface area contributed by atoms with Gasteiger partial charge in [0, 0.05) is 22.5 Å². The standard InChI is InChI=1S/C14H20ClNO/c1-10(5-3-6-11(2)16)14(17)12-7-4-8-13(15)9-12/h4,7-11H,3,5-6,16H2,1-2H3. The molecule has 3 heteroatoms. The monoisotopic (exact) mass is 253 g/mol. The quantitative estimate of drug-likeness (QED) is 0.786. The fourth-order valence-corrected chi connectivity index (χ4v) is 1.99. The minimum absolute atomic E-state index is 0.0345. The van der Waals surface area contributed by atoms with Gasteiger partial charge in [-0.25, -0.2) is 0 Å². The Bertz CT molecular complexity index is 376. The zero-order valence-corrected chi connectivity index (χ0v) is 11.2. The highest BCUT2D eigenvalue weighted by molar-refractivity contribution is 6.31. The molecule has 2 atom stereocenters. The molecule has 94 valence electrons. The van der Waals surface area contributed by atoms with Crippen molar-refractivity contribution in [3.63, 3.8) is 0 Å². The lowest BCUT2D eigenvalue weighted by atomic mass is 9.94. The third-order valence-electron chi connectivity index (χ3n) is 2.85. The van der Waals surface area contributed by atoms with Crippen LogP contribution in [0.15, 0.2) is 24.3 Å². The van der Waals surface area contributed by atoms with Crippen molar-refractivity contribution in [3.05, 3.63) is 34.9 Å². The minimum Gasteiger partial charge on any atom is -0.328 e. The van der Waals surface area contributed by atoms with E-state index in [1.807, 2.05) is 26.0 Å². The van der Waals surface area contributed by atoms with Crippen LogP contribution in [0.25, 0.3) is 0 Å². The summed E-state index contributed by atoms with van der Waals surface area (Å²) < 4.78 is 0. The van der Waals surface area contributed by atoms with E-state index >= 15 is 0 Å². The van der Waals surface area contributed by atoms with Gasteiger partial charge in [0.15, 0.2) is 5.78 Å². The molecule has 0 radical (unpaired) electrons. The Morgan fingerprint density at radius 3 is 2.65 bits per heavy atom. The largest absolute Gasteiger partial charge is 0.328 e. The van der Waals surface area contributed by atoms with E-state index in [9.17, 15) is 4.79 Å². The molecule has 0 heterocycles. The smallest absolute Gasteiger partial charge is 0.165 e. The van der Waals surface area contributed by atoms with Gasteiger partial charge < -0.3 is 5.73 Å². The van der Waals surface area contributed by atoms with Crippen LogP contribution in [-0.2, 0) is 0 Å². The van der Waals surface area contributed by atoms with Crippen LogP contribution >= 0.6 is 11.6 Å². The van der Waals surface area contributed by atoms with Gasteiger partial charge in [-0.1, -0.05) is 37.1 Å². The molecule has 1 aromatic rings. The molecule has 0 fully saturated rings. The summed E-state index contributed by atoms with van der Waals surface area (Å²) in [5.74, 6) is 0.199. The van der Waals surface area contributed by atoms with E-state index in [1.165, 1.54) is 0 Å². The molecule has 0 amide bonds. The SMILES string of the molecule is CC(N)CCCC(C)C(=O)c1cccc(Cl)c1. The molecular weight excluding hydrogens is 234 g/mol. The Kier molecular flexibility index (Phi) is 5.66. The van der Waals surface area contributed by atoms with Crippen molar-refractivity contribution in [1.82, 2.24) is 0 Å². The molecule has 17 heavy (non-hydrogen) atoms. The van der Waals surface area contributed by atoms with Crippen molar-refractivity contribution in [2.45, 2.75) is 39.2 Å². The summed E-state index contributed by atoms with van der Waals surface area (Å²) in [7, 11) is 0. The molecule has 0 aromatic heterocycles. The van der Waals surface area contributed by atoms with Crippen molar-refractivity contribution in [3.8, 4) is 0 Å². The number of carbonyl (C=O) groups excluding carboxylic acids is 1. The molecule has 0 spiro atoms. The van der Waals surface area contributed by atoms with Crippen molar-refractivity contribution in [2.75, 3.05) is 0 Å². The maximum absolute atomic E-state index is 12.1. The lowest BCUT2D eigenvalue weighted by Crippen LogP contribution is -2.16. The third kappa shape index (κ3) is 4.88. The number of rotatable bonds is 6. The zero-order valence-electron chi connectivity index (χ0n) is 10.4. The molecule has 0 aliphatic heterocycles. The maximum atomic E-state index is 12.1. The second-order valence-electron chi connectivity index (χ2n) is 4.68. The highest BCUT2D eigenvalue weighted by Gasteiger charge is 2.15. The van der Waals surface area contributed by atoms with Crippen LogP contribution in [0.5, 0.6) is 0 Å². The topological polar surface area (TPSA) is 43.1 Å². The van der Waals surface area contributed by atoms with Crippen LogP contribution in [0.1, 0.15) is 43.5 Å². The van der Waals surface area contributed by atoms with Crippen molar-refractivity contribution >= 4 is 17.4 Å². The van der Waals surface area contributed by atoms with Crippen LogP contribution in [0.2, 0.25) is 5.02 Å². The molecule has 2 unspecified atom stereocenters. The van der Waals surface area contributed by atoms with Crippen LogP contribution in [0.3, 0.4) is 0 Å². The Labute approximate surface area is 108 Å². The average Bonchev–Trinajstić information content (AvgIpc) is 2.27. The lowest BCUT2D eigenvalue weighted by Gasteiger charge is -2.11. The van der Waals surface area contributed by atoms with E-state index in [4.69, 9.17) is 17.3 Å². The summed E-state index contributed by atoms with van der Waals surface area (Å²) in [6.45, 7) is 3.95. The van der Waals surface area contributed by atoms with Gasteiger partial charge in [0.2, 0.25) is 0 Å². The Morgan fingerprint density at radius 2 is 2.06 bits per heavy atom. The molecular formula is C14H20ClNO. The van der Waals surface area contributed by atoms with E-state index in [0.717, 1.165) is 19.3 Å². The van der Waals surface area contributed by atoms with Crippen LogP contribution in [-0.4, -0.2) is 11.8 Å². The van der Waals surface area contributed by atoms with Gasteiger partial charge in [0.05, 0.1) is 0 Å². The van der Waals surface area contributed by atoms with E-state index in [-0.39, 0.29) is 17.7 Å². The van der Waals surface area contributed by atoms with E-state index < -0.39 is 0 Å². The van der Waals surface area contributed by atoms with Gasteiger partial charge in [-0.3, -0.25) is 4.79 Å². The van der Waals surface area contributed by atoms with Crippen molar-refractivity contribution in [2.24, 2.45) is 11.7 Å². The number of hydrogen-bond donors (Lipinski definition) is 1. The van der Waals surface area contributed by atoms with E-state index in [1.54, 1.807) is 12.1 Å². The zero-order chi connectivity index (χ0) is 12.8. The molecule has 0 bridgehead atoms. The fraction of sp³-hybridized carbons (Fsp3) is 0.500. The van der Waals surface area contributed by atoms with E-state index in [2.05, 4.69) is 0 Å². The summed E-state index contributed by atoms with van der Waals surface area (Å²) in [5, 5.41) is 0.610. The lowest BCUT2D eigenvalue weighted by molar-refractivity contribution is 0.0922. The number of ketones is 1. The summed E-state index contributed by atoms with van der Waals surface area (Å²) >= 11 is 5.87. The number of nitrogens with two attached hydrogens (primary N) is 1. The number of benzene rings is 1. The molecule has 2 N–H and O–H groups in total. The number of carbonyl (C=O) groups is 1. The molecule has 0 aliphatic carbocycles. The number of halogens is 1. The summed E-state index contributed by atoms with van der Waals surface area (Å²) in [4.78, 5) is 12.1. The van der Waals surface area contributed by atoms with Crippen LogP contribution < -0.4 is 5.73 Å². The van der Waals surface area contributed by atoms with Gasteiger partial charge in [0.25, 0.3) is 0 Å². The predicted octanol–water partition coefficient (Wildman–Crippen LogP) is 3.68. The first-order valence-corrected chi connectivity index (χ1v) is 6.44. The molecule has 1 rings (SSSR count). The Balaban J connectivity index is 2.52. The van der Waals surface area contributed by atoms with Crippen LogP contribution in [0, 0.1) is 5.92 Å². The van der Waals surface area contributed by atoms with Crippen molar-refractivity contribution in [1.29, 1.82) is 0 Å². The molecule has 0 aliphatic rings. The average molecular weight is 254 g/mol. The fourth-order valence-electron chi connectivity index (χ4n) is 1.80. The summed E-state index contributed by atoms with van der Waals surface area (Å²) in [5.41, 5.74) is 6.38. The predicted molar refractivity (Wildman–Crippen MR) is 72.4 cm³/mol. The van der Waals surface area contributed by atoms with Gasteiger partial charge in [0.1, 0.15) is 0 Å².